The lowest BCUT2D eigenvalue weighted by molar-refractivity contribution is -0.136. The van der Waals surface area contributed by atoms with Crippen LogP contribution in [0.5, 0.6) is 5.75 Å². The van der Waals surface area contributed by atoms with E-state index in [1.807, 2.05) is 37.3 Å². The van der Waals surface area contributed by atoms with Gasteiger partial charge in [-0.25, -0.2) is 0 Å². The predicted octanol–water partition coefficient (Wildman–Crippen LogP) is 4.98. The van der Waals surface area contributed by atoms with Gasteiger partial charge in [-0.2, -0.15) is 0 Å². The van der Waals surface area contributed by atoms with Gasteiger partial charge in [-0.15, -0.1) is 0 Å². The van der Waals surface area contributed by atoms with Gasteiger partial charge in [-0.1, -0.05) is 32.0 Å². The standard InChI is InChI=1S/C21H23NO3/c1-4-25-19-8-6-5-7-15(19)21-17(12-20(23)24)16-11-14(13(2)3)9-10-18(16)22-21/h5-11,13,22H,4,12H2,1-3H3,(H,23,24). The van der Waals surface area contributed by atoms with Crippen LogP contribution in [0.2, 0.25) is 0 Å². The lowest BCUT2D eigenvalue weighted by Gasteiger charge is -2.10. The minimum atomic E-state index is -0.842. The Balaban J connectivity index is 2.25. The monoisotopic (exact) mass is 337 g/mol. The van der Waals surface area contributed by atoms with Gasteiger partial charge < -0.3 is 14.8 Å². The summed E-state index contributed by atoms with van der Waals surface area (Å²) in [7, 11) is 0. The van der Waals surface area contributed by atoms with Crippen LogP contribution in [0.3, 0.4) is 0 Å². The first-order chi connectivity index (χ1) is 12.0. The minimum Gasteiger partial charge on any atom is -0.493 e. The zero-order chi connectivity index (χ0) is 18.0. The Kier molecular flexibility index (Phi) is 4.79. The molecule has 0 aliphatic rings. The molecule has 0 amide bonds. The van der Waals surface area contributed by atoms with Crippen molar-refractivity contribution in [3.8, 4) is 17.0 Å². The first kappa shape index (κ1) is 17.1. The second-order valence-corrected chi connectivity index (χ2v) is 6.44. The van der Waals surface area contributed by atoms with Crippen molar-refractivity contribution in [1.29, 1.82) is 0 Å². The molecule has 4 heteroatoms. The number of rotatable bonds is 6. The number of aliphatic carboxylic acids is 1. The number of aromatic amines is 1. The number of carboxylic acids is 1. The molecule has 2 aromatic carbocycles. The maximum Gasteiger partial charge on any atom is 0.307 e. The number of fused-ring (bicyclic) bond motifs is 1. The quantitative estimate of drug-likeness (QED) is 0.666. The van der Waals surface area contributed by atoms with Gasteiger partial charge in [0.1, 0.15) is 5.75 Å². The summed E-state index contributed by atoms with van der Waals surface area (Å²) in [6, 6.07) is 14.0. The maximum atomic E-state index is 11.5. The van der Waals surface area contributed by atoms with Gasteiger partial charge in [0.15, 0.2) is 0 Å². The predicted molar refractivity (Wildman–Crippen MR) is 100 cm³/mol. The topological polar surface area (TPSA) is 62.3 Å². The number of hydrogen-bond acceptors (Lipinski definition) is 2. The summed E-state index contributed by atoms with van der Waals surface area (Å²) in [6.45, 7) is 6.77. The maximum absolute atomic E-state index is 11.5. The van der Waals surface area contributed by atoms with Crippen molar-refractivity contribution in [2.24, 2.45) is 0 Å². The molecule has 0 aliphatic carbocycles. The minimum absolute atomic E-state index is 0.0304. The SMILES string of the molecule is CCOc1ccccc1-c1[nH]c2ccc(C(C)C)cc2c1CC(=O)O. The fraction of sp³-hybridized carbons (Fsp3) is 0.286. The Hall–Kier alpha value is -2.75. The van der Waals surface area contributed by atoms with Gasteiger partial charge in [-0.3, -0.25) is 4.79 Å². The lowest BCUT2D eigenvalue weighted by atomic mass is 9.97. The average Bonchev–Trinajstić information content (AvgIpc) is 2.93. The Morgan fingerprint density at radius 2 is 1.96 bits per heavy atom. The molecule has 0 fully saturated rings. The van der Waals surface area contributed by atoms with E-state index >= 15 is 0 Å². The normalized spacial score (nSPS) is 11.2. The lowest BCUT2D eigenvalue weighted by Crippen LogP contribution is -2.02. The highest BCUT2D eigenvalue weighted by molar-refractivity contribution is 5.95. The zero-order valence-electron chi connectivity index (χ0n) is 14.8. The summed E-state index contributed by atoms with van der Waals surface area (Å²) in [5.74, 6) is 0.300. The summed E-state index contributed by atoms with van der Waals surface area (Å²) in [4.78, 5) is 14.9. The molecule has 2 N–H and O–H groups in total. The Morgan fingerprint density at radius 3 is 2.64 bits per heavy atom. The van der Waals surface area contributed by atoms with E-state index in [4.69, 9.17) is 4.74 Å². The molecular formula is C21H23NO3. The highest BCUT2D eigenvalue weighted by Crippen LogP contribution is 2.37. The molecule has 0 aliphatic heterocycles. The molecule has 130 valence electrons. The van der Waals surface area contributed by atoms with Crippen LogP contribution in [0.4, 0.5) is 0 Å². The molecule has 0 spiro atoms. The van der Waals surface area contributed by atoms with Crippen molar-refractivity contribution >= 4 is 16.9 Å². The van der Waals surface area contributed by atoms with Crippen LogP contribution < -0.4 is 4.74 Å². The number of hydrogen-bond donors (Lipinski definition) is 2. The van der Waals surface area contributed by atoms with Crippen molar-refractivity contribution in [3.63, 3.8) is 0 Å². The van der Waals surface area contributed by atoms with E-state index in [0.29, 0.717) is 12.5 Å². The molecule has 0 saturated carbocycles. The molecule has 0 atom stereocenters. The summed E-state index contributed by atoms with van der Waals surface area (Å²) in [5.41, 5.74) is 4.66. The largest absolute Gasteiger partial charge is 0.493 e. The van der Waals surface area contributed by atoms with Crippen LogP contribution in [0.15, 0.2) is 42.5 Å². The van der Waals surface area contributed by atoms with Crippen molar-refractivity contribution < 1.29 is 14.6 Å². The molecule has 4 nitrogen and oxygen atoms in total. The molecule has 0 bridgehead atoms. The van der Waals surface area contributed by atoms with Gasteiger partial charge in [0.05, 0.1) is 18.7 Å². The van der Waals surface area contributed by atoms with Gasteiger partial charge in [-0.05, 0) is 48.2 Å². The smallest absolute Gasteiger partial charge is 0.307 e. The van der Waals surface area contributed by atoms with E-state index in [-0.39, 0.29) is 6.42 Å². The van der Waals surface area contributed by atoms with E-state index in [1.165, 1.54) is 5.56 Å². The molecule has 25 heavy (non-hydrogen) atoms. The number of H-pyrrole nitrogens is 1. The number of carboxylic acid groups (broad SMARTS) is 1. The van der Waals surface area contributed by atoms with Gasteiger partial charge in [0, 0.05) is 16.5 Å². The van der Waals surface area contributed by atoms with Crippen LogP contribution in [-0.2, 0) is 11.2 Å². The summed E-state index contributed by atoms with van der Waals surface area (Å²) in [6.07, 6.45) is -0.0304. The zero-order valence-corrected chi connectivity index (χ0v) is 14.8. The fourth-order valence-electron chi connectivity index (χ4n) is 3.14. The van der Waals surface area contributed by atoms with E-state index in [0.717, 1.165) is 33.5 Å². The van der Waals surface area contributed by atoms with Crippen LogP contribution >= 0.6 is 0 Å². The Bertz CT molecular complexity index is 909. The van der Waals surface area contributed by atoms with Gasteiger partial charge in [0.2, 0.25) is 0 Å². The fourth-order valence-corrected chi connectivity index (χ4v) is 3.14. The second-order valence-electron chi connectivity index (χ2n) is 6.44. The third-order valence-electron chi connectivity index (χ3n) is 4.38. The molecule has 0 radical (unpaired) electrons. The van der Waals surface area contributed by atoms with Crippen molar-refractivity contribution in [3.05, 3.63) is 53.6 Å². The van der Waals surface area contributed by atoms with Crippen molar-refractivity contribution in [2.45, 2.75) is 33.1 Å². The van der Waals surface area contributed by atoms with E-state index in [2.05, 4.69) is 31.0 Å². The first-order valence-corrected chi connectivity index (χ1v) is 8.59. The van der Waals surface area contributed by atoms with Crippen molar-refractivity contribution in [2.75, 3.05) is 6.61 Å². The average molecular weight is 337 g/mol. The number of benzene rings is 2. The number of carbonyl (C=O) groups is 1. The van der Waals surface area contributed by atoms with E-state index < -0.39 is 5.97 Å². The number of ether oxygens (including phenoxy) is 1. The number of para-hydroxylation sites is 1. The summed E-state index contributed by atoms with van der Waals surface area (Å²) >= 11 is 0. The number of aromatic nitrogens is 1. The van der Waals surface area contributed by atoms with Crippen LogP contribution in [-0.4, -0.2) is 22.7 Å². The third-order valence-corrected chi connectivity index (χ3v) is 4.38. The number of nitrogens with one attached hydrogen (secondary N) is 1. The van der Waals surface area contributed by atoms with Crippen molar-refractivity contribution in [1.82, 2.24) is 4.98 Å². The third kappa shape index (κ3) is 3.38. The molecule has 1 aromatic heterocycles. The molecule has 1 heterocycles. The molecule has 0 saturated heterocycles. The van der Waals surface area contributed by atoms with Crippen LogP contribution in [0.25, 0.3) is 22.2 Å². The molecular weight excluding hydrogens is 314 g/mol. The van der Waals surface area contributed by atoms with Crippen LogP contribution in [0, 0.1) is 0 Å². The second kappa shape index (κ2) is 7.01. The highest BCUT2D eigenvalue weighted by atomic mass is 16.5. The first-order valence-electron chi connectivity index (χ1n) is 8.59. The molecule has 0 unspecified atom stereocenters. The summed E-state index contributed by atoms with van der Waals surface area (Å²) < 4.78 is 5.74. The molecule has 3 rings (SSSR count). The van der Waals surface area contributed by atoms with Gasteiger partial charge >= 0.3 is 5.97 Å². The van der Waals surface area contributed by atoms with Crippen LogP contribution in [0.1, 0.15) is 37.8 Å². The highest BCUT2D eigenvalue weighted by Gasteiger charge is 2.19. The Labute approximate surface area is 147 Å². The summed E-state index contributed by atoms with van der Waals surface area (Å²) in [5, 5.41) is 10.4. The van der Waals surface area contributed by atoms with E-state index in [1.54, 1.807) is 0 Å². The van der Waals surface area contributed by atoms with Gasteiger partial charge in [0.25, 0.3) is 0 Å². The Morgan fingerprint density at radius 1 is 1.20 bits per heavy atom. The molecule has 3 aromatic rings. The van der Waals surface area contributed by atoms with E-state index in [9.17, 15) is 9.90 Å².